The molecule has 0 aliphatic carbocycles. The molecule has 2 aliphatic rings. The first kappa shape index (κ1) is 16.1. The highest BCUT2D eigenvalue weighted by molar-refractivity contribution is 7.13. The number of aldehydes is 1. The molecule has 1 aromatic carbocycles. The van der Waals surface area contributed by atoms with Gasteiger partial charge in [0.2, 0.25) is 0 Å². The van der Waals surface area contributed by atoms with Gasteiger partial charge in [-0.05, 0) is 35.9 Å². The maximum atomic E-state index is 12.1. The number of methoxy groups -OCH3 is 1. The molecule has 3 heterocycles. The van der Waals surface area contributed by atoms with E-state index in [4.69, 9.17) is 9.47 Å². The van der Waals surface area contributed by atoms with Crippen LogP contribution >= 0.6 is 11.3 Å². The first-order chi connectivity index (χ1) is 12.2. The minimum atomic E-state index is -0.343. The zero-order valence-corrected chi connectivity index (χ0v) is 14.8. The highest BCUT2D eigenvalue weighted by Gasteiger charge is 2.33. The van der Waals surface area contributed by atoms with Crippen LogP contribution in [0.5, 0.6) is 5.75 Å². The molecule has 25 heavy (non-hydrogen) atoms. The molecule has 0 amide bonds. The predicted molar refractivity (Wildman–Crippen MR) is 96.7 cm³/mol. The van der Waals surface area contributed by atoms with E-state index in [0.29, 0.717) is 12.2 Å². The van der Waals surface area contributed by atoms with Crippen molar-refractivity contribution in [2.75, 3.05) is 25.2 Å². The van der Waals surface area contributed by atoms with Crippen LogP contribution in [0.3, 0.4) is 0 Å². The fourth-order valence-electron chi connectivity index (χ4n) is 3.70. The number of fused-ring (bicyclic) bond motifs is 3. The van der Waals surface area contributed by atoms with E-state index in [1.807, 2.05) is 17.0 Å². The van der Waals surface area contributed by atoms with Crippen LogP contribution < -0.4 is 9.64 Å². The van der Waals surface area contributed by atoms with Gasteiger partial charge in [0.25, 0.3) is 0 Å². The number of nitrogens with zero attached hydrogens (tertiary/aromatic N) is 1. The van der Waals surface area contributed by atoms with Gasteiger partial charge in [-0.25, -0.2) is 4.79 Å². The summed E-state index contributed by atoms with van der Waals surface area (Å²) in [5.41, 5.74) is 3.55. The van der Waals surface area contributed by atoms with Crippen LogP contribution in [0.25, 0.3) is 10.4 Å². The summed E-state index contributed by atoms with van der Waals surface area (Å²) in [5, 5.41) is 2.07. The molecular formula is C19H19NO4S. The standard InChI is InChI=1S/C19H19NO4S/c1-23-19(22)15-3-2-6-20(15)16-10-17-14(9-13(16)11-21)18-12(4-7-24-17)5-8-25-18/h5,8-11,15H,2-4,6-7H2,1H3/t15-/m1/s1. The second-order valence-electron chi connectivity index (χ2n) is 6.27. The Morgan fingerprint density at radius 1 is 1.44 bits per heavy atom. The number of carbonyl (C=O) groups excluding carboxylic acids is 2. The molecule has 1 fully saturated rings. The fourth-order valence-corrected chi connectivity index (χ4v) is 4.68. The average molecular weight is 357 g/mol. The number of ether oxygens (including phenoxy) is 2. The lowest BCUT2D eigenvalue weighted by molar-refractivity contribution is -0.141. The van der Waals surface area contributed by atoms with Crippen LogP contribution in [-0.2, 0) is 16.0 Å². The van der Waals surface area contributed by atoms with Crippen LogP contribution in [-0.4, -0.2) is 38.6 Å². The number of thiophene rings is 1. The molecule has 1 saturated heterocycles. The first-order valence-electron chi connectivity index (χ1n) is 8.40. The summed E-state index contributed by atoms with van der Waals surface area (Å²) >= 11 is 1.66. The molecule has 0 bridgehead atoms. The Balaban J connectivity index is 1.82. The summed E-state index contributed by atoms with van der Waals surface area (Å²) in [7, 11) is 1.40. The molecule has 1 atom stereocenters. The Morgan fingerprint density at radius 3 is 3.12 bits per heavy atom. The van der Waals surface area contributed by atoms with E-state index in [2.05, 4.69) is 11.4 Å². The molecule has 130 valence electrons. The zero-order chi connectivity index (χ0) is 17.4. The van der Waals surface area contributed by atoms with E-state index in [0.717, 1.165) is 54.0 Å². The van der Waals surface area contributed by atoms with Gasteiger partial charge in [0.05, 0.1) is 19.4 Å². The number of hydrogen-bond donors (Lipinski definition) is 0. The third-order valence-electron chi connectivity index (χ3n) is 4.91. The fraction of sp³-hybridized carbons (Fsp3) is 0.368. The third-order valence-corrected chi connectivity index (χ3v) is 5.90. The number of anilines is 1. The van der Waals surface area contributed by atoms with Crippen molar-refractivity contribution in [3.8, 4) is 16.2 Å². The van der Waals surface area contributed by atoms with E-state index < -0.39 is 0 Å². The minimum absolute atomic E-state index is 0.259. The lowest BCUT2D eigenvalue weighted by Crippen LogP contribution is -2.37. The van der Waals surface area contributed by atoms with Gasteiger partial charge in [-0.2, -0.15) is 0 Å². The van der Waals surface area contributed by atoms with Gasteiger partial charge in [-0.3, -0.25) is 4.79 Å². The third kappa shape index (κ3) is 2.70. The Labute approximate surface area is 150 Å². The molecule has 0 unspecified atom stereocenters. The van der Waals surface area contributed by atoms with Crippen LogP contribution in [0.15, 0.2) is 23.6 Å². The van der Waals surface area contributed by atoms with Crippen LogP contribution in [0, 0.1) is 0 Å². The molecule has 0 spiro atoms. The second kappa shape index (κ2) is 6.52. The highest BCUT2D eigenvalue weighted by atomic mass is 32.1. The summed E-state index contributed by atoms with van der Waals surface area (Å²) in [6.07, 6.45) is 3.34. The zero-order valence-electron chi connectivity index (χ0n) is 14.0. The molecule has 1 aromatic heterocycles. The van der Waals surface area contributed by atoms with Crippen molar-refractivity contribution in [3.63, 3.8) is 0 Å². The van der Waals surface area contributed by atoms with Crippen molar-refractivity contribution in [1.82, 2.24) is 0 Å². The van der Waals surface area contributed by atoms with Crippen molar-refractivity contribution >= 4 is 29.3 Å². The maximum absolute atomic E-state index is 12.1. The smallest absolute Gasteiger partial charge is 0.328 e. The largest absolute Gasteiger partial charge is 0.492 e. The van der Waals surface area contributed by atoms with Crippen molar-refractivity contribution in [2.24, 2.45) is 0 Å². The summed E-state index contributed by atoms with van der Waals surface area (Å²) in [6.45, 7) is 1.33. The second-order valence-corrected chi connectivity index (χ2v) is 7.19. The number of benzene rings is 1. The van der Waals surface area contributed by atoms with Crippen LogP contribution in [0.2, 0.25) is 0 Å². The summed E-state index contributed by atoms with van der Waals surface area (Å²) in [4.78, 5) is 27.0. The Bertz CT molecular complexity index is 829. The SMILES string of the molecule is COC(=O)[C@H]1CCCN1c1cc2c(cc1C=O)-c1sccc1CCO2. The monoisotopic (exact) mass is 357 g/mol. The van der Waals surface area contributed by atoms with E-state index >= 15 is 0 Å². The van der Waals surface area contributed by atoms with E-state index in [1.54, 1.807) is 11.3 Å². The Kier molecular flexibility index (Phi) is 4.21. The molecule has 0 radical (unpaired) electrons. The van der Waals surface area contributed by atoms with Crippen molar-refractivity contribution in [3.05, 3.63) is 34.7 Å². The highest BCUT2D eigenvalue weighted by Crippen LogP contribution is 2.43. The number of carbonyl (C=O) groups is 2. The molecule has 2 aromatic rings. The van der Waals surface area contributed by atoms with Gasteiger partial charge in [0.15, 0.2) is 6.29 Å². The topological polar surface area (TPSA) is 55.8 Å². The average Bonchev–Trinajstić information content (AvgIpc) is 3.27. The minimum Gasteiger partial charge on any atom is -0.492 e. The Hall–Kier alpha value is -2.34. The number of esters is 1. The molecule has 6 heteroatoms. The normalized spacial score (nSPS) is 18.8. The molecule has 5 nitrogen and oxygen atoms in total. The van der Waals surface area contributed by atoms with Gasteiger partial charge in [0, 0.05) is 35.0 Å². The van der Waals surface area contributed by atoms with Crippen molar-refractivity contribution in [1.29, 1.82) is 0 Å². The number of hydrogen-bond acceptors (Lipinski definition) is 6. The van der Waals surface area contributed by atoms with Gasteiger partial charge >= 0.3 is 5.97 Å². The molecular weight excluding hydrogens is 338 g/mol. The molecule has 0 N–H and O–H groups in total. The van der Waals surface area contributed by atoms with Gasteiger partial charge in [-0.15, -0.1) is 11.3 Å². The van der Waals surface area contributed by atoms with E-state index in [9.17, 15) is 9.59 Å². The summed E-state index contributed by atoms with van der Waals surface area (Å²) in [5.74, 6) is 0.517. The quantitative estimate of drug-likeness (QED) is 0.623. The lowest BCUT2D eigenvalue weighted by atomic mass is 10.0. The first-order valence-corrected chi connectivity index (χ1v) is 9.28. The predicted octanol–water partition coefficient (Wildman–Crippen LogP) is 3.30. The van der Waals surface area contributed by atoms with Crippen LogP contribution in [0.1, 0.15) is 28.8 Å². The van der Waals surface area contributed by atoms with Gasteiger partial charge in [-0.1, -0.05) is 0 Å². The van der Waals surface area contributed by atoms with Gasteiger partial charge < -0.3 is 14.4 Å². The van der Waals surface area contributed by atoms with Crippen molar-refractivity contribution in [2.45, 2.75) is 25.3 Å². The molecule has 0 saturated carbocycles. The van der Waals surface area contributed by atoms with Crippen LogP contribution in [0.4, 0.5) is 5.69 Å². The maximum Gasteiger partial charge on any atom is 0.328 e. The lowest BCUT2D eigenvalue weighted by Gasteiger charge is -2.27. The molecule has 2 aliphatic heterocycles. The Morgan fingerprint density at radius 2 is 2.32 bits per heavy atom. The molecule has 4 rings (SSSR count). The number of rotatable bonds is 3. The summed E-state index contributed by atoms with van der Waals surface area (Å²) in [6, 6.07) is 5.57. The summed E-state index contributed by atoms with van der Waals surface area (Å²) < 4.78 is 10.9. The van der Waals surface area contributed by atoms with Gasteiger partial charge in [0.1, 0.15) is 11.8 Å². The van der Waals surface area contributed by atoms with E-state index in [1.165, 1.54) is 12.7 Å². The van der Waals surface area contributed by atoms with Crippen molar-refractivity contribution < 1.29 is 19.1 Å². The van der Waals surface area contributed by atoms with E-state index in [-0.39, 0.29) is 12.0 Å².